The van der Waals surface area contributed by atoms with Crippen molar-refractivity contribution in [1.82, 2.24) is 14.8 Å². The third-order valence-corrected chi connectivity index (χ3v) is 3.56. The van der Waals surface area contributed by atoms with Crippen molar-refractivity contribution < 1.29 is 4.79 Å². The molecule has 2 heterocycles. The summed E-state index contributed by atoms with van der Waals surface area (Å²) in [7, 11) is 1.84. The Morgan fingerprint density at radius 1 is 1.53 bits per heavy atom. The van der Waals surface area contributed by atoms with E-state index >= 15 is 0 Å². The molecule has 2 N–H and O–H groups in total. The summed E-state index contributed by atoms with van der Waals surface area (Å²) < 4.78 is 0. The number of piperidine rings is 1. The second-order valence-electron chi connectivity index (χ2n) is 5.22. The van der Waals surface area contributed by atoms with Gasteiger partial charge in [0.05, 0.1) is 6.54 Å². The molecule has 1 aromatic heterocycles. The Kier molecular flexibility index (Phi) is 4.87. The highest BCUT2D eigenvalue weighted by molar-refractivity contribution is 5.78. The fraction of sp³-hybridized carbons (Fsp3) is 0.571. The molecule has 104 valence electrons. The summed E-state index contributed by atoms with van der Waals surface area (Å²) in [6.07, 6.45) is 5.51. The maximum atomic E-state index is 12.1. The molecule has 1 aliphatic heterocycles. The second kappa shape index (κ2) is 6.63. The van der Waals surface area contributed by atoms with Crippen molar-refractivity contribution in [2.75, 3.05) is 26.7 Å². The number of nitrogens with zero attached hydrogens (tertiary/aromatic N) is 3. The van der Waals surface area contributed by atoms with Gasteiger partial charge < -0.3 is 10.6 Å². The van der Waals surface area contributed by atoms with Crippen LogP contribution in [0.5, 0.6) is 0 Å². The molecule has 0 spiro atoms. The Balaban J connectivity index is 1.79. The Morgan fingerprint density at radius 2 is 2.26 bits per heavy atom. The van der Waals surface area contributed by atoms with Gasteiger partial charge in [0.15, 0.2) is 0 Å². The zero-order valence-electron chi connectivity index (χ0n) is 11.5. The predicted octanol–water partition coefficient (Wildman–Crippen LogP) is 0.463. The van der Waals surface area contributed by atoms with Gasteiger partial charge in [-0.3, -0.25) is 14.7 Å². The van der Waals surface area contributed by atoms with E-state index in [1.807, 2.05) is 19.2 Å². The molecule has 0 unspecified atom stereocenters. The molecule has 0 atom stereocenters. The fourth-order valence-corrected chi connectivity index (χ4v) is 2.28. The molecule has 19 heavy (non-hydrogen) atoms. The summed E-state index contributed by atoms with van der Waals surface area (Å²) in [5.74, 6) is 0.152. The van der Waals surface area contributed by atoms with Crippen molar-refractivity contribution >= 4 is 5.91 Å². The minimum atomic E-state index is 0.152. The molecular weight excluding hydrogens is 240 g/mol. The zero-order chi connectivity index (χ0) is 13.7. The van der Waals surface area contributed by atoms with Crippen molar-refractivity contribution in [3.63, 3.8) is 0 Å². The first-order chi connectivity index (χ1) is 9.15. The molecule has 2 rings (SSSR count). The zero-order valence-corrected chi connectivity index (χ0v) is 11.5. The van der Waals surface area contributed by atoms with E-state index in [2.05, 4.69) is 9.88 Å². The number of hydrogen-bond acceptors (Lipinski definition) is 4. The normalized spacial score (nSPS) is 17.4. The molecule has 1 aromatic rings. The molecular formula is C14H22N4O. The second-order valence-corrected chi connectivity index (χ2v) is 5.22. The lowest BCUT2D eigenvalue weighted by atomic mass is 10.1. The number of likely N-dealkylation sites (tertiary alicyclic amines) is 1. The van der Waals surface area contributed by atoms with Crippen LogP contribution in [0.15, 0.2) is 24.5 Å². The van der Waals surface area contributed by atoms with Crippen molar-refractivity contribution in [3.8, 4) is 0 Å². The molecule has 1 saturated heterocycles. The average molecular weight is 262 g/mol. The summed E-state index contributed by atoms with van der Waals surface area (Å²) in [6, 6.07) is 4.18. The van der Waals surface area contributed by atoms with Crippen LogP contribution in [-0.2, 0) is 11.3 Å². The highest BCUT2D eigenvalue weighted by atomic mass is 16.2. The van der Waals surface area contributed by atoms with E-state index in [9.17, 15) is 4.79 Å². The number of likely N-dealkylation sites (N-methyl/N-ethyl adjacent to an activating group) is 1. The maximum Gasteiger partial charge on any atom is 0.236 e. The van der Waals surface area contributed by atoms with E-state index in [1.54, 1.807) is 17.3 Å². The van der Waals surface area contributed by atoms with Crippen LogP contribution in [0.3, 0.4) is 0 Å². The van der Waals surface area contributed by atoms with Crippen molar-refractivity contribution in [2.45, 2.75) is 25.4 Å². The topological polar surface area (TPSA) is 62.5 Å². The van der Waals surface area contributed by atoms with E-state index in [4.69, 9.17) is 5.73 Å². The number of hydrogen-bond donors (Lipinski definition) is 1. The molecule has 0 bridgehead atoms. The van der Waals surface area contributed by atoms with Crippen LogP contribution in [0.4, 0.5) is 0 Å². The van der Waals surface area contributed by atoms with Gasteiger partial charge in [0.2, 0.25) is 5.91 Å². The lowest BCUT2D eigenvalue weighted by Crippen LogP contribution is -2.44. The van der Waals surface area contributed by atoms with Crippen LogP contribution in [0.1, 0.15) is 18.4 Å². The average Bonchev–Trinajstić information content (AvgIpc) is 2.42. The van der Waals surface area contributed by atoms with Crippen LogP contribution in [-0.4, -0.2) is 53.4 Å². The van der Waals surface area contributed by atoms with Crippen molar-refractivity contribution in [3.05, 3.63) is 30.1 Å². The number of carbonyl (C=O) groups excluding carboxylic acids is 1. The van der Waals surface area contributed by atoms with Gasteiger partial charge in [0, 0.05) is 45.1 Å². The van der Waals surface area contributed by atoms with Gasteiger partial charge >= 0.3 is 0 Å². The van der Waals surface area contributed by atoms with Crippen molar-refractivity contribution in [1.29, 1.82) is 0 Å². The van der Waals surface area contributed by atoms with Crippen LogP contribution < -0.4 is 5.73 Å². The first-order valence-electron chi connectivity index (χ1n) is 6.76. The fourth-order valence-electron chi connectivity index (χ4n) is 2.28. The lowest BCUT2D eigenvalue weighted by Gasteiger charge is -2.30. The van der Waals surface area contributed by atoms with Crippen LogP contribution >= 0.6 is 0 Å². The van der Waals surface area contributed by atoms with Crippen LogP contribution in [0.2, 0.25) is 0 Å². The SMILES string of the molecule is CN(Cc1cccnc1)C(=O)CN1CCC(N)CC1. The van der Waals surface area contributed by atoms with E-state index in [1.165, 1.54) is 0 Å². The summed E-state index contributed by atoms with van der Waals surface area (Å²) >= 11 is 0. The molecule has 1 fully saturated rings. The molecule has 0 aliphatic carbocycles. The van der Waals surface area contributed by atoms with E-state index in [-0.39, 0.29) is 5.91 Å². The Labute approximate surface area is 114 Å². The Hall–Kier alpha value is -1.46. The van der Waals surface area contributed by atoms with Gasteiger partial charge in [-0.25, -0.2) is 0 Å². The van der Waals surface area contributed by atoms with Gasteiger partial charge in [-0.15, -0.1) is 0 Å². The van der Waals surface area contributed by atoms with Gasteiger partial charge in [0.1, 0.15) is 0 Å². The minimum Gasteiger partial charge on any atom is -0.340 e. The highest BCUT2D eigenvalue weighted by Gasteiger charge is 2.19. The molecule has 0 aromatic carbocycles. The summed E-state index contributed by atoms with van der Waals surface area (Å²) in [4.78, 5) is 20.1. The monoisotopic (exact) mass is 262 g/mol. The summed E-state index contributed by atoms with van der Waals surface area (Å²) in [5, 5.41) is 0. The molecule has 5 heteroatoms. The Bertz CT molecular complexity index is 401. The largest absolute Gasteiger partial charge is 0.340 e. The molecule has 1 amide bonds. The van der Waals surface area contributed by atoms with Crippen LogP contribution in [0, 0.1) is 0 Å². The minimum absolute atomic E-state index is 0.152. The van der Waals surface area contributed by atoms with Crippen molar-refractivity contribution in [2.24, 2.45) is 5.73 Å². The number of carbonyl (C=O) groups is 1. The third kappa shape index (κ3) is 4.29. The first-order valence-corrected chi connectivity index (χ1v) is 6.76. The summed E-state index contributed by atoms with van der Waals surface area (Å²) in [5.41, 5.74) is 6.92. The Morgan fingerprint density at radius 3 is 2.89 bits per heavy atom. The quantitative estimate of drug-likeness (QED) is 0.856. The predicted molar refractivity (Wildman–Crippen MR) is 74.4 cm³/mol. The molecule has 1 aliphatic rings. The van der Waals surface area contributed by atoms with E-state index in [0.29, 0.717) is 19.1 Å². The van der Waals surface area contributed by atoms with Gasteiger partial charge in [-0.2, -0.15) is 0 Å². The maximum absolute atomic E-state index is 12.1. The number of amides is 1. The van der Waals surface area contributed by atoms with Gasteiger partial charge in [-0.1, -0.05) is 6.07 Å². The molecule has 5 nitrogen and oxygen atoms in total. The molecule has 0 saturated carbocycles. The number of nitrogens with two attached hydrogens (primary N) is 1. The highest BCUT2D eigenvalue weighted by Crippen LogP contribution is 2.09. The smallest absolute Gasteiger partial charge is 0.236 e. The van der Waals surface area contributed by atoms with E-state index < -0.39 is 0 Å². The molecule has 0 radical (unpaired) electrons. The third-order valence-electron chi connectivity index (χ3n) is 3.56. The van der Waals surface area contributed by atoms with Crippen LogP contribution in [0.25, 0.3) is 0 Å². The first kappa shape index (κ1) is 14.0. The number of pyridine rings is 1. The lowest BCUT2D eigenvalue weighted by molar-refractivity contribution is -0.131. The van der Waals surface area contributed by atoms with Gasteiger partial charge in [-0.05, 0) is 24.5 Å². The van der Waals surface area contributed by atoms with Gasteiger partial charge in [0.25, 0.3) is 0 Å². The number of rotatable bonds is 4. The van der Waals surface area contributed by atoms with E-state index in [0.717, 1.165) is 31.5 Å². The summed E-state index contributed by atoms with van der Waals surface area (Å²) in [6.45, 7) is 2.95. The number of aromatic nitrogens is 1. The standard InChI is InChI=1S/C14H22N4O/c1-17(10-12-3-2-6-16-9-12)14(19)11-18-7-4-13(15)5-8-18/h2-3,6,9,13H,4-5,7-8,10-11,15H2,1H3.